The van der Waals surface area contributed by atoms with Crippen LogP contribution in [-0.2, 0) is 11.3 Å². The third kappa shape index (κ3) is 4.06. The number of halogens is 1. The van der Waals surface area contributed by atoms with Crippen molar-refractivity contribution in [1.82, 2.24) is 10.2 Å². The molecule has 24 heavy (non-hydrogen) atoms. The van der Waals surface area contributed by atoms with E-state index in [0.717, 1.165) is 22.9 Å². The van der Waals surface area contributed by atoms with Gasteiger partial charge in [-0.2, -0.15) is 0 Å². The highest BCUT2D eigenvalue weighted by atomic mass is 79.9. The van der Waals surface area contributed by atoms with Crippen molar-refractivity contribution in [1.29, 1.82) is 0 Å². The minimum Gasteiger partial charge on any atom is -0.459 e. The van der Waals surface area contributed by atoms with Gasteiger partial charge in [0.2, 0.25) is 5.91 Å². The second kappa shape index (κ2) is 7.21. The summed E-state index contributed by atoms with van der Waals surface area (Å²) in [5.74, 6) is -0.240. The van der Waals surface area contributed by atoms with Crippen LogP contribution in [0.1, 0.15) is 35.9 Å². The van der Waals surface area contributed by atoms with Gasteiger partial charge >= 0.3 is 0 Å². The van der Waals surface area contributed by atoms with E-state index in [2.05, 4.69) is 21.2 Å². The number of hydrogen-bond donors (Lipinski definition) is 1. The fourth-order valence-corrected chi connectivity index (χ4v) is 3.04. The van der Waals surface area contributed by atoms with Gasteiger partial charge in [0.15, 0.2) is 5.76 Å². The summed E-state index contributed by atoms with van der Waals surface area (Å²) in [6.07, 6.45) is 3.46. The van der Waals surface area contributed by atoms with E-state index in [4.69, 9.17) is 4.42 Å². The predicted molar refractivity (Wildman–Crippen MR) is 93.4 cm³/mol. The van der Waals surface area contributed by atoms with Crippen LogP contribution in [-0.4, -0.2) is 28.8 Å². The molecule has 6 heteroatoms. The maximum absolute atomic E-state index is 12.8. The number of carbonyl (C=O) groups excluding carboxylic acids is 2. The number of carbonyl (C=O) groups is 2. The number of hydrogen-bond acceptors (Lipinski definition) is 3. The molecule has 5 nitrogen and oxygen atoms in total. The molecule has 1 aromatic carbocycles. The first-order valence-corrected chi connectivity index (χ1v) is 8.73. The molecule has 3 rings (SSSR count). The minimum absolute atomic E-state index is 0.0719. The van der Waals surface area contributed by atoms with Crippen molar-refractivity contribution < 1.29 is 14.0 Å². The van der Waals surface area contributed by atoms with Crippen molar-refractivity contribution in [2.45, 2.75) is 38.4 Å². The number of nitrogens with zero attached hydrogens (tertiary/aromatic N) is 1. The van der Waals surface area contributed by atoms with Crippen LogP contribution in [0.25, 0.3) is 0 Å². The second-order valence-electron chi connectivity index (χ2n) is 6.00. The van der Waals surface area contributed by atoms with Gasteiger partial charge in [-0.1, -0.05) is 28.1 Å². The van der Waals surface area contributed by atoms with Crippen LogP contribution in [0.4, 0.5) is 0 Å². The monoisotopic (exact) mass is 390 g/mol. The summed E-state index contributed by atoms with van der Waals surface area (Å²) < 4.78 is 6.05. The Balaban J connectivity index is 1.66. The molecule has 2 aromatic rings. The zero-order valence-corrected chi connectivity index (χ0v) is 15.0. The van der Waals surface area contributed by atoms with Gasteiger partial charge in [-0.15, -0.1) is 0 Å². The van der Waals surface area contributed by atoms with Crippen molar-refractivity contribution >= 4 is 27.7 Å². The quantitative estimate of drug-likeness (QED) is 0.822. The Kier molecular flexibility index (Phi) is 5.04. The molecule has 2 amide bonds. The molecule has 1 saturated carbocycles. The van der Waals surface area contributed by atoms with Gasteiger partial charge in [0, 0.05) is 17.1 Å². The third-order valence-corrected chi connectivity index (χ3v) is 4.47. The van der Waals surface area contributed by atoms with Gasteiger partial charge < -0.3 is 14.6 Å². The second-order valence-corrected chi connectivity index (χ2v) is 6.92. The van der Waals surface area contributed by atoms with Crippen LogP contribution in [0, 0.1) is 0 Å². The Bertz CT molecular complexity index is 726. The Morgan fingerprint density at radius 1 is 1.33 bits per heavy atom. The van der Waals surface area contributed by atoms with Crippen molar-refractivity contribution in [3.8, 4) is 0 Å². The molecule has 1 N–H and O–H groups in total. The normalized spacial score (nSPS) is 14.9. The third-order valence-electron chi connectivity index (χ3n) is 3.98. The molecule has 1 atom stereocenters. The molecule has 0 aliphatic heterocycles. The van der Waals surface area contributed by atoms with Crippen molar-refractivity contribution in [2.75, 3.05) is 0 Å². The van der Waals surface area contributed by atoms with E-state index < -0.39 is 6.04 Å². The largest absolute Gasteiger partial charge is 0.459 e. The SMILES string of the molecule is CC(NC(=O)c1ccco1)C(=O)N(Cc1cccc(Br)c1)C1CC1. The molecule has 0 saturated heterocycles. The maximum atomic E-state index is 12.8. The van der Waals surface area contributed by atoms with Gasteiger partial charge in [0.05, 0.1) is 6.26 Å². The average molecular weight is 391 g/mol. The van der Waals surface area contributed by atoms with E-state index in [0.29, 0.717) is 6.54 Å². The number of rotatable bonds is 6. The molecule has 1 fully saturated rings. The molecule has 1 aliphatic rings. The number of amides is 2. The zero-order chi connectivity index (χ0) is 17.1. The summed E-state index contributed by atoms with van der Waals surface area (Å²) in [6.45, 7) is 2.25. The van der Waals surface area contributed by atoms with Crippen LogP contribution in [0.3, 0.4) is 0 Å². The summed E-state index contributed by atoms with van der Waals surface area (Å²) in [6, 6.07) is 10.8. The number of nitrogens with one attached hydrogen (secondary N) is 1. The molecule has 1 heterocycles. The average Bonchev–Trinajstić information content (AvgIpc) is 3.24. The van der Waals surface area contributed by atoms with E-state index in [-0.39, 0.29) is 23.6 Å². The zero-order valence-electron chi connectivity index (χ0n) is 13.4. The Hall–Kier alpha value is -2.08. The number of benzene rings is 1. The van der Waals surface area contributed by atoms with E-state index in [9.17, 15) is 9.59 Å². The molecule has 1 aliphatic carbocycles. The highest BCUT2D eigenvalue weighted by molar-refractivity contribution is 9.10. The van der Waals surface area contributed by atoms with E-state index in [1.807, 2.05) is 29.2 Å². The highest BCUT2D eigenvalue weighted by Crippen LogP contribution is 2.29. The summed E-state index contributed by atoms with van der Waals surface area (Å²) >= 11 is 3.45. The molecular weight excluding hydrogens is 372 g/mol. The Morgan fingerprint density at radius 3 is 2.75 bits per heavy atom. The standard InChI is InChI=1S/C18H19BrN2O3/c1-12(20-17(22)16-6-3-9-24-16)18(23)21(15-7-8-15)11-13-4-2-5-14(19)10-13/h2-6,9-10,12,15H,7-8,11H2,1H3,(H,20,22). The fourth-order valence-electron chi connectivity index (χ4n) is 2.59. The summed E-state index contributed by atoms with van der Waals surface area (Å²) in [5.41, 5.74) is 1.06. The lowest BCUT2D eigenvalue weighted by Crippen LogP contribution is -2.47. The van der Waals surface area contributed by atoms with Gasteiger partial charge in [-0.05, 0) is 49.6 Å². The van der Waals surface area contributed by atoms with Crippen LogP contribution >= 0.6 is 15.9 Å². The molecule has 126 valence electrons. The first-order valence-electron chi connectivity index (χ1n) is 7.94. The Labute approximate surface area is 149 Å². The molecular formula is C18H19BrN2O3. The van der Waals surface area contributed by atoms with Crippen molar-refractivity contribution in [3.63, 3.8) is 0 Å². The smallest absolute Gasteiger partial charge is 0.287 e. The Morgan fingerprint density at radius 2 is 2.12 bits per heavy atom. The first-order chi connectivity index (χ1) is 11.5. The first kappa shape index (κ1) is 16.8. The van der Waals surface area contributed by atoms with Gasteiger partial charge in [0.1, 0.15) is 6.04 Å². The van der Waals surface area contributed by atoms with E-state index >= 15 is 0 Å². The van der Waals surface area contributed by atoms with Crippen LogP contribution in [0.15, 0.2) is 51.6 Å². The molecule has 0 radical (unpaired) electrons. The van der Waals surface area contributed by atoms with Crippen molar-refractivity contribution in [2.24, 2.45) is 0 Å². The molecule has 1 aromatic heterocycles. The van der Waals surface area contributed by atoms with Crippen LogP contribution < -0.4 is 5.32 Å². The van der Waals surface area contributed by atoms with Gasteiger partial charge in [0.25, 0.3) is 5.91 Å². The van der Waals surface area contributed by atoms with E-state index in [1.165, 1.54) is 6.26 Å². The highest BCUT2D eigenvalue weighted by Gasteiger charge is 2.35. The molecule has 0 bridgehead atoms. The molecule has 1 unspecified atom stereocenters. The lowest BCUT2D eigenvalue weighted by molar-refractivity contribution is -0.134. The maximum Gasteiger partial charge on any atom is 0.287 e. The topological polar surface area (TPSA) is 62.6 Å². The van der Waals surface area contributed by atoms with Gasteiger partial charge in [-0.3, -0.25) is 9.59 Å². The van der Waals surface area contributed by atoms with Crippen molar-refractivity contribution in [3.05, 3.63) is 58.5 Å². The fraction of sp³-hybridized carbons (Fsp3) is 0.333. The van der Waals surface area contributed by atoms with Crippen LogP contribution in [0.5, 0.6) is 0 Å². The lowest BCUT2D eigenvalue weighted by Gasteiger charge is -2.26. The summed E-state index contributed by atoms with van der Waals surface area (Å²) in [4.78, 5) is 26.7. The molecule has 0 spiro atoms. The summed E-state index contributed by atoms with van der Waals surface area (Å²) in [5, 5.41) is 2.71. The lowest BCUT2D eigenvalue weighted by atomic mass is 10.2. The van der Waals surface area contributed by atoms with E-state index in [1.54, 1.807) is 19.1 Å². The number of furan rings is 1. The minimum atomic E-state index is -0.602. The van der Waals surface area contributed by atoms with Crippen LogP contribution in [0.2, 0.25) is 0 Å². The summed E-state index contributed by atoms with van der Waals surface area (Å²) in [7, 11) is 0. The van der Waals surface area contributed by atoms with Gasteiger partial charge in [-0.25, -0.2) is 0 Å². The predicted octanol–water partition coefficient (Wildman–Crippen LogP) is 3.35.